The van der Waals surface area contributed by atoms with E-state index in [0.29, 0.717) is 5.92 Å². The second kappa shape index (κ2) is 11.1. The van der Waals surface area contributed by atoms with Gasteiger partial charge in [-0.15, -0.1) is 0 Å². The summed E-state index contributed by atoms with van der Waals surface area (Å²) in [6.45, 7) is 12.5. The summed E-state index contributed by atoms with van der Waals surface area (Å²) in [5.74, 6) is 0.278. The lowest BCUT2D eigenvalue weighted by Crippen LogP contribution is -2.43. The minimum Gasteiger partial charge on any atom is -0.463 e. The van der Waals surface area contributed by atoms with Gasteiger partial charge in [0, 0.05) is 12.0 Å². The molecule has 0 N–H and O–H groups in total. The highest BCUT2D eigenvalue weighted by atomic mass is 16.6. The Labute approximate surface area is 205 Å². The Bertz CT molecular complexity index is 851. The Kier molecular flexibility index (Phi) is 8.62. The van der Waals surface area contributed by atoms with Gasteiger partial charge >= 0.3 is 11.9 Å². The Morgan fingerprint density at radius 3 is 2.41 bits per heavy atom. The number of hydrogen-bond acceptors (Lipinski definition) is 5. The summed E-state index contributed by atoms with van der Waals surface area (Å²) in [7, 11) is 0. The Hall–Kier alpha value is -2.14. The third-order valence-electron chi connectivity index (χ3n) is 7.37. The van der Waals surface area contributed by atoms with Crippen LogP contribution < -0.4 is 0 Å². The summed E-state index contributed by atoms with van der Waals surface area (Å²) in [4.78, 5) is 24.7. The number of carbonyl (C=O) groups is 2. The topological polar surface area (TPSA) is 61.8 Å². The van der Waals surface area contributed by atoms with E-state index in [9.17, 15) is 9.59 Å². The van der Waals surface area contributed by atoms with Crippen LogP contribution in [0, 0.1) is 17.3 Å². The van der Waals surface area contributed by atoms with Crippen molar-refractivity contribution in [2.24, 2.45) is 17.3 Å². The maximum Gasteiger partial charge on any atom is 0.330 e. The highest BCUT2D eigenvalue weighted by molar-refractivity contribution is 5.82. The molecule has 5 atom stereocenters. The Morgan fingerprint density at radius 2 is 1.74 bits per heavy atom. The number of rotatable bonds is 7. The molecule has 0 aromatic heterocycles. The second-order valence-electron chi connectivity index (χ2n) is 11.7. The number of hydrogen-bond donors (Lipinski definition) is 0. The molecule has 1 saturated carbocycles. The van der Waals surface area contributed by atoms with Crippen LogP contribution in [0.3, 0.4) is 0 Å². The van der Waals surface area contributed by atoms with Gasteiger partial charge in [0.2, 0.25) is 0 Å². The molecule has 0 bridgehead atoms. The van der Waals surface area contributed by atoms with Gasteiger partial charge in [-0.05, 0) is 69.4 Å². The van der Waals surface area contributed by atoms with Gasteiger partial charge in [0.15, 0.2) is 0 Å². The van der Waals surface area contributed by atoms with Gasteiger partial charge in [0.1, 0.15) is 12.7 Å². The van der Waals surface area contributed by atoms with E-state index in [0.717, 1.165) is 32.1 Å². The molecule has 1 heterocycles. The molecular formula is C29H42O5. The zero-order valence-electron chi connectivity index (χ0n) is 21.7. The first-order valence-electron chi connectivity index (χ1n) is 12.7. The van der Waals surface area contributed by atoms with Crippen LogP contribution in [0.5, 0.6) is 0 Å². The van der Waals surface area contributed by atoms with E-state index in [4.69, 9.17) is 14.2 Å². The molecule has 0 unspecified atom stereocenters. The van der Waals surface area contributed by atoms with Crippen LogP contribution in [0.4, 0.5) is 0 Å². The van der Waals surface area contributed by atoms with Gasteiger partial charge in [-0.1, -0.05) is 57.5 Å². The molecule has 0 radical (unpaired) electrons. The van der Waals surface area contributed by atoms with Gasteiger partial charge < -0.3 is 14.2 Å². The molecule has 1 aliphatic carbocycles. The smallest absolute Gasteiger partial charge is 0.330 e. The maximum atomic E-state index is 12.8. The molecule has 188 valence electrons. The first kappa shape index (κ1) is 26.5. The molecule has 1 aromatic carbocycles. The lowest BCUT2D eigenvalue weighted by Gasteiger charge is -2.43. The van der Waals surface area contributed by atoms with Crippen LogP contribution in [0.1, 0.15) is 79.2 Å². The van der Waals surface area contributed by atoms with E-state index >= 15 is 0 Å². The van der Waals surface area contributed by atoms with E-state index in [1.54, 1.807) is 6.08 Å². The molecule has 2 fully saturated rings. The molecule has 1 saturated heterocycles. The van der Waals surface area contributed by atoms with Gasteiger partial charge in [0.25, 0.3) is 0 Å². The van der Waals surface area contributed by atoms with Crippen molar-refractivity contribution in [3.63, 3.8) is 0 Å². The summed E-state index contributed by atoms with van der Waals surface area (Å²) in [5, 5.41) is 0. The van der Waals surface area contributed by atoms with E-state index in [1.165, 1.54) is 11.6 Å². The minimum absolute atomic E-state index is 0.0810. The third-order valence-corrected chi connectivity index (χ3v) is 7.37. The van der Waals surface area contributed by atoms with Gasteiger partial charge in [-0.3, -0.25) is 4.79 Å². The molecule has 5 nitrogen and oxygen atoms in total. The third kappa shape index (κ3) is 6.94. The van der Waals surface area contributed by atoms with Crippen molar-refractivity contribution in [2.75, 3.05) is 6.61 Å². The average Bonchev–Trinajstić information content (AvgIpc) is 3.24. The summed E-state index contributed by atoms with van der Waals surface area (Å²) in [6, 6.07) is 10.5. The molecule has 1 aliphatic heterocycles. The standard InChI is InChI=1S/C29H42O5/c1-20-12-16-24(29(5,6)21-10-8-7-9-11-21)25(18-20)34-26(30)17-15-22-13-14-23(33-22)19-32-27(31)28(2,3)4/h7-11,15,17,20,22-25H,12-14,16,18-19H2,1-6H3/b17-15-/t20-,22-,23-,24-,25-/m1/s1. The minimum atomic E-state index is -0.523. The molecule has 0 spiro atoms. The lowest BCUT2D eigenvalue weighted by molar-refractivity contribution is -0.156. The molecule has 2 aliphatic rings. The Balaban J connectivity index is 1.55. The van der Waals surface area contributed by atoms with Crippen molar-refractivity contribution in [3.8, 4) is 0 Å². The zero-order chi connectivity index (χ0) is 24.9. The summed E-state index contributed by atoms with van der Waals surface area (Å²) < 4.78 is 17.4. The first-order valence-corrected chi connectivity index (χ1v) is 12.7. The van der Waals surface area contributed by atoms with Crippen molar-refractivity contribution >= 4 is 11.9 Å². The van der Waals surface area contributed by atoms with Crippen LogP contribution in [-0.2, 0) is 29.2 Å². The van der Waals surface area contributed by atoms with Crippen LogP contribution in [0.15, 0.2) is 42.5 Å². The number of esters is 2. The maximum absolute atomic E-state index is 12.8. The molecule has 34 heavy (non-hydrogen) atoms. The Morgan fingerprint density at radius 1 is 1.03 bits per heavy atom. The van der Waals surface area contributed by atoms with E-state index in [-0.39, 0.29) is 48.2 Å². The van der Waals surface area contributed by atoms with Crippen LogP contribution >= 0.6 is 0 Å². The predicted octanol–water partition coefficient (Wildman–Crippen LogP) is 6.01. The average molecular weight is 471 g/mol. The SMILES string of the molecule is C[C@@H]1CC[C@@H](C(C)(C)c2ccccc2)[C@H](OC(=O)/C=C\[C@H]2CC[C@H](COC(=O)C(C)(C)C)O2)C1. The molecule has 0 amide bonds. The molecule has 1 aromatic rings. The predicted molar refractivity (Wildman–Crippen MR) is 133 cm³/mol. The lowest BCUT2D eigenvalue weighted by atomic mass is 9.64. The normalized spacial score (nSPS) is 28.1. The quantitative estimate of drug-likeness (QED) is 0.361. The summed E-state index contributed by atoms with van der Waals surface area (Å²) >= 11 is 0. The summed E-state index contributed by atoms with van der Waals surface area (Å²) in [5.41, 5.74) is 0.678. The summed E-state index contributed by atoms with van der Waals surface area (Å²) in [6.07, 6.45) is 7.60. The fourth-order valence-electron chi connectivity index (χ4n) is 5.12. The zero-order valence-corrected chi connectivity index (χ0v) is 21.7. The molecule has 3 rings (SSSR count). The van der Waals surface area contributed by atoms with Gasteiger partial charge in [-0.25, -0.2) is 4.79 Å². The van der Waals surface area contributed by atoms with Gasteiger partial charge in [0.05, 0.1) is 17.6 Å². The van der Waals surface area contributed by atoms with E-state index in [1.807, 2.05) is 26.8 Å². The molecular weight excluding hydrogens is 428 g/mol. The highest BCUT2D eigenvalue weighted by Crippen LogP contribution is 2.43. The number of carbonyl (C=O) groups excluding carboxylic acids is 2. The van der Waals surface area contributed by atoms with Gasteiger partial charge in [-0.2, -0.15) is 0 Å². The van der Waals surface area contributed by atoms with E-state index in [2.05, 4.69) is 45.0 Å². The first-order chi connectivity index (χ1) is 16.0. The fraction of sp³-hybridized carbons (Fsp3) is 0.655. The highest BCUT2D eigenvalue weighted by Gasteiger charge is 2.41. The van der Waals surface area contributed by atoms with Crippen molar-refractivity contribution in [1.29, 1.82) is 0 Å². The van der Waals surface area contributed by atoms with Crippen LogP contribution in [0.25, 0.3) is 0 Å². The van der Waals surface area contributed by atoms with E-state index < -0.39 is 5.41 Å². The number of ether oxygens (including phenoxy) is 3. The fourth-order valence-corrected chi connectivity index (χ4v) is 5.12. The van der Waals surface area contributed by atoms with Crippen molar-refractivity contribution in [3.05, 3.63) is 48.0 Å². The number of benzene rings is 1. The van der Waals surface area contributed by atoms with Crippen molar-refractivity contribution < 1.29 is 23.8 Å². The monoisotopic (exact) mass is 470 g/mol. The second-order valence-corrected chi connectivity index (χ2v) is 11.7. The van der Waals surface area contributed by atoms with Crippen molar-refractivity contribution in [2.45, 2.75) is 97.4 Å². The van der Waals surface area contributed by atoms with Crippen LogP contribution in [-0.4, -0.2) is 36.9 Å². The van der Waals surface area contributed by atoms with Crippen LogP contribution in [0.2, 0.25) is 0 Å². The largest absolute Gasteiger partial charge is 0.463 e. The van der Waals surface area contributed by atoms with Crippen molar-refractivity contribution in [1.82, 2.24) is 0 Å². The molecule has 5 heteroatoms.